The van der Waals surface area contributed by atoms with E-state index in [-0.39, 0.29) is 17.5 Å². The second-order valence-electron chi connectivity index (χ2n) is 5.02. The van der Waals surface area contributed by atoms with Crippen LogP contribution in [-0.4, -0.2) is 32.4 Å². The van der Waals surface area contributed by atoms with Crippen LogP contribution < -0.4 is 0 Å². The van der Waals surface area contributed by atoms with Gasteiger partial charge in [-0.05, 0) is 30.3 Å². The molecule has 21 heavy (non-hydrogen) atoms. The molecule has 0 aliphatic carbocycles. The van der Waals surface area contributed by atoms with Gasteiger partial charge in [-0.1, -0.05) is 0 Å². The van der Waals surface area contributed by atoms with Crippen molar-refractivity contribution in [3.8, 4) is 0 Å². The van der Waals surface area contributed by atoms with Crippen LogP contribution in [0.15, 0.2) is 36.5 Å². The Kier molecular flexibility index (Phi) is 3.21. The van der Waals surface area contributed by atoms with Crippen LogP contribution in [0.25, 0.3) is 11.0 Å². The number of nitrogens with zero attached hydrogens (tertiary/aromatic N) is 3. The van der Waals surface area contributed by atoms with Crippen molar-refractivity contribution in [1.82, 2.24) is 19.4 Å². The molecule has 6 heteroatoms. The van der Waals surface area contributed by atoms with Crippen molar-refractivity contribution >= 4 is 16.9 Å². The minimum atomic E-state index is -0.359. The van der Waals surface area contributed by atoms with Gasteiger partial charge >= 0.3 is 0 Å². The van der Waals surface area contributed by atoms with Crippen molar-refractivity contribution < 1.29 is 9.18 Å². The number of hydrogen-bond acceptors (Lipinski definition) is 2. The molecule has 5 nitrogen and oxygen atoms in total. The number of aryl methyl sites for hydroxylation is 1. The number of hydrogen-bond donors (Lipinski definition) is 1. The Labute approximate surface area is 121 Å². The van der Waals surface area contributed by atoms with Gasteiger partial charge in [0.15, 0.2) is 5.82 Å². The summed E-state index contributed by atoms with van der Waals surface area (Å²) >= 11 is 0. The van der Waals surface area contributed by atoms with E-state index in [0.717, 1.165) is 5.69 Å². The molecule has 1 N–H and O–H groups in total. The molecule has 0 saturated heterocycles. The summed E-state index contributed by atoms with van der Waals surface area (Å²) in [7, 11) is 3.64. The lowest BCUT2D eigenvalue weighted by Gasteiger charge is -2.16. The summed E-state index contributed by atoms with van der Waals surface area (Å²) in [6, 6.07) is 8.09. The lowest BCUT2D eigenvalue weighted by atomic mass is 10.3. The monoisotopic (exact) mass is 286 g/mol. The van der Waals surface area contributed by atoms with Crippen LogP contribution in [0.1, 0.15) is 16.3 Å². The number of amides is 1. The predicted octanol–water partition coefficient (Wildman–Crippen LogP) is 2.31. The van der Waals surface area contributed by atoms with Gasteiger partial charge in [-0.2, -0.15) is 0 Å². The van der Waals surface area contributed by atoms with Crippen molar-refractivity contribution in [2.75, 3.05) is 7.05 Å². The third-order valence-electron chi connectivity index (χ3n) is 3.44. The van der Waals surface area contributed by atoms with E-state index in [2.05, 4.69) is 9.97 Å². The Morgan fingerprint density at radius 2 is 2.24 bits per heavy atom. The van der Waals surface area contributed by atoms with Crippen molar-refractivity contribution in [2.45, 2.75) is 6.54 Å². The first-order chi connectivity index (χ1) is 10.0. The summed E-state index contributed by atoms with van der Waals surface area (Å²) in [5, 5.41) is 0. The maximum absolute atomic E-state index is 13.2. The maximum atomic E-state index is 13.2. The van der Waals surface area contributed by atoms with Gasteiger partial charge < -0.3 is 14.5 Å². The van der Waals surface area contributed by atoms with E-state index >= 15 is 0 Å². The second kappa shape index (κ2) is 5.05. The first-order valence-electron chi connectivity index (χ1n) is 6.55. The summed E-state index contributed by atoms with van der Waals surface area (Å²) in [6.45, 7) is 0.480. The minimum Gasteiger partial charge on any atom is -0.353 e. The number of halogens is 1. The molecule has 0 atom stereocenters. The minimum absolute atomic E-state index is 0.215. The number of carbonyl (C=O) groups excluding carboxylic acids is 1. The van der Waals surface area contributed by atoms with E-state index in [9.17, 15) is 9.18 Å². The fourth-order valence-corrected chi connectivity index (χ4v) is 2.24. The Bertz CT molecular complexity index is 805. The van der Waals surface area contributed by atoms with Crippen molar-refractivity contribution in [3.63, 3.8) is 0 Å². The SMILES string of the molecule is CN(Cc1cccn1C)C(=O)c1nc2ccc(F)cc2[nH]1. The van der Waals surface area contributed by atoms with Crippen LogP contribution in [0.2, 0.25) is 0 Å². The van der Waals surface area contributed by atoms with Gasteiger partial charge in [-0.3, -0.25) is 4.79 Å². The number of aromatic amines is 1. The van der Waals surface area contributed by atoms with E-state index in [1.54, 1.807) is 18.0 Å². The fraction of sp³-hybridized carbons (Fsp3) is 0.200. The van der Waals surface area contributed by atoms with Crippen LogP contribution in [0.5, 0.6) is 0 Å². The molecule has 0 unspecified atom stereocenters. The average Bonchev–Trinajstić information content (AvgIpc) is 3.04. The third kappa shape index (κ3) is 2.52. The van der Waals surface area contributed by atoms with Crippen molar-refractivity contribution in [3.05, 3.63) is 53.9 Å². The summed E-state index contributed by atoms with van der Waals surface area (Å²) in [5.74, 6) is -0.373. The van der Waals surface area contributed by atoms with Gasteiger partial charge in [0.25, 0.3) is 5.91 Å². The molecule has 0 bridgehead atoms. The van der Waals surface area contributed by atoms with E-state index < -0.39 is 0 Å². The second-order valence-corrected chi connectivity index (χ2v) is 5.02. The Balaban J connectivity index is 1.84. The summed E-state index contributed by atoms with van der Waals surface area (Å²) in [5.41, 5.74) is 2.12. The normalized spacial score (nSPS) is 11.0. The van der Waals surface area contributed by atoms with Gasteiger partial charge in [0, 0.05) is 26.0 Å². The quantitative estimate of drug-likeness (QED) is 0.803. The highest BCUT2D eigenvalue weighted by atomic mass is 19.1. The van der Waals surface area contributed by atoms with Crippen LogP contribution in [0.3, 0.4) is 0 Å². The van der Waals surface area contributed by atoms with E-state index in [0.29, 0.717) is 17.6 Å². The predicted molar refractivity (Wildman–Crippen MR) is 77.3 cm³/mol. The molecular formula is C15H15FN4O. The molecular weight excluding hydrogens is 271 g/mol. The smallest absolute Gasteiger partial charge is 0.289 e. The highest BCUT2D eigenvalue weighted by Gasteiger charge is 2.17. The Hall–Kier alpha value is -2.63. The number of aromatic nitrogens is 3. The Morgan fingerprint density at radius 1 is 1.43 bits per heavy atom. The average molecular weight is 286 g/mol. The van der Waals surface area contributed by atoms with E-state index in [4.69, 9.17) is 0 Å². The number of benzene rings is 1. The maximum Gasteiger partial charge on any atom is 0.289 e. The summed E-state index contributed by atoms with van der Waals surface area (Å²) in [6.07, 6.45) is 1.93. The molecule has 0 aliphatic heterocycles. The Morgan fingerprint density at radius 3 is 2.95 bits per heavy atom. The summed E-state index contributed by atoms with van der Waals surface area (Å²) in [4.78, 5) is 21.0. The van der Waals surface area contributed by atoms with Gasteiger partial charge in [0.1, 0.15) is 5.82 Å². The lowest BCUT2D eigenvalue weighted by Crippen LogP contribution is -2.27. The molecule has 3 rings (SSSR count). The molecule has 108 valence electrons. The van der Waals surface area contributed by atoms with E-state index in [1.165, 1.54) is 12.1 Å². The van der Waals surface area contributed by atoms with Gasteiger partial charge in [0.05, 0.1) is 17.6 Å². The number of fused-ring (bicyclic) bond motifs is 1. The standard InChI is InChI=1S/C15H15FN4O/c1-19-7-3-4-11(19)9-20(2)15(21)14-17-12-6-5-10(16)8-13(12)18-14/h3-8H,9H2,1-2H3,(H,17,18). The van der Waals surface area contributed by atoms with Crippen molar-refractivity contribution in [2.24, 2.45) is 7.05 Å². The molecule has 2 aromatic heterocycles. The number of H-pyrrole nitrogens is 1. The number of rotatable bonds is 3. The van der Waals surface area contributed by atoms with Crippen LogP contribution >= 0.6 is 0 Å². The van der Waals surface area contributed by atoms with Gasteiger partial charge in [0.2, 0.25) is 0 Å². The van der Waals surface area contributed by atoms with E-state index in [1.807, 2.05) is 29.9 Å². The molecule has 0 saturated carbocycles. The third-order valence-corrected chi connectivity index (χ3v) is 3.44. The van der Waals surface area contributed by atoms with Crippen LogP contribution in [0.4, 0.5) is 4.39 Å². The highest BCUT2D eigenvalue weighted by molar-refractivity contribution is 5.94. The lowest BCUT2D eigenvalue weighted by molar-refractivity contribution is 0.0772. The van der Waals surface area contributed by atoms with Crippen LogP contribution in [0, 0.1) is 5.82 Å². The zero-order chi connectivity index (χ0) is 15.0. The topological polar surface area (TPSA) is 53.9 Å². The molecule has 0 fully saturated rings. The molecule has 3 aromatic rings. The first kappa shape index (κ1) is 13.4. The number of carbonyl (C=O) groups is 1. The van der Waals surface area contributed by atoms with Gasteiger partial charge in [-0.15, -0.1) is 0 Å². The number of imidazole rings is 1. The molecule has 1 aromatic carbocycles. The number of nitrogens with one attached hydrogen (secondary N) is 1. The zero-order valence-corrected chi connectivity index (χ0v) is 11.8. The molecule has 0 aliphatic rings. The first-order valence-corrected chi connectivity index (χ1v) is 6.55. The largest absolute Gasteiger partial charge is 0.353 e. The molecule has 2 heterocycles. The van der Waals surface area contributed by atoms with Crippen molar-refractivity contribution in [1.29, 1.82) is 0 Å². The van der Waals surface area contributed by atoms with Crippen LogP contribution in [-0.2, 0) is 13.6 Å². The molecule has 0 radical (unpaired) electrons. The highest BCUT2D eigenvalue weighted by Crippen LogP contribution is 2.14. The molecule has 1 amide bonds. The van der Waals surface area contributed by atoms with Gasteiger partial charge in [-0.25, -0.2) is 9.37 Å². The fourth-order valence-electron chi connectivity index (χ4n) is 2.24. The zero-order valence-electron chi connectivity index (χ0n) is 11.8. The summed E-state index contributed by atoms with van der Waals surface area (Å²) < 4.78 is 15.1. The molecule has 0 spiro atoms.